The van der Waals surface area contributed by atoms with Crippen LogP contribution >= 0.6 is 95.6 Å². The number of benzene rings is 4. The minimum Gasteiger partial charge on any atom is -0.504 e. The number of halogens is 6. The van der Waals surface area contributed by atoms with Gasteiger partial charge in [0.2, 0.25) is 25.6 Å². The van der Waals surface area contributed by atoms with Crippen molar-refractivity contribution in [2.75, 3.05) is 83.1 Å². The zero-order valence-electron chi connectivity index (χ0n) is 59.6. The van der Waals surface area contributed by atoms with E-state index < -0.39 is 11.6 Å². The standard InChI is InChI=1S/C20H25Br2NO5.C20H26BrNO5.C18H19Br2NO4.C18H20BrNO4/c1-26-17-9-15(21)14(18(22)19(17)25)8-16-13-4-6-20(27-2,28-3)10-12(13)5-7-23(16)11-24;1-25-19-10-16(21)14(9-18(19)24)8-17-15-4-6-20(26-2,27-3)11-13(15)5-7-22(17)12-23;1-25-16-8-14(19)13(17(20)18(16)24)7-15-12-3-2-11(23)6-10(12)4-5-21(15)9-22;1-24-18-9-15(19)12(8-17(18)23)7-16-14-3-2-13(22)6-11(14)4-5-20(16)10-21/h9,11,16,25H,4-8,10H2,1-3H3;9-10,12,17,24H,4-8,11H2,1-3H3;8-9,15,24H,2-7H2,1H3;8-10,16,23H,2-7H2,1H3. The average molecular weight is 1830 g/mol. The molecule has 104 heavy (non-hydrogen) atoms. The van der Waals surface area contributed by atoms with Crippen LogP contribution in [-0.4, -0.2) is 196 Å². The lowest BCUT2D eigenvalue weighted by Crippen LogP contribution is -2.46. The number of Topliss-reactive ketones (excluding diaryl/α,β-unsaturated/α-hetero) is 2. The fourth-order valence-corrected chi connectivity index (χ4v) is 19.6. The Balaban J connectivity index is 0.000000161. The molecule has 0 bridgehead atoms. The molecule has 4 unspecified atom stereocenters. The number of carbonyl (C=O) groups excluding carboxylic acids is 6. The first-order chi connectivity index (χ1) is 49.8. The van der Waals surface area contributed by atoms with Gasteiger partial charge in [0.25, 0.3) is 0 Å². The number of aromatic hydroxyl groups is 4. The second-order valence-corrected chi connectivity index (χ2v) is 31.8. The minimum absolute atomic E-state index is 0.0259. The summed E-state index contributed by atoms with van der Waals surface area (Å²) in [6.07, 6.45) is 17.4. The molecule has 0 radical (unpaired) electrons. The summed E-state index contributed by atoms with van der Waals surface area (Å²) in [6, 6.07) is 10.1. The fraction of sp³-hybridized carbons (Fsp3) is 0.500. The van der Waals surface area contributed by atoms with E-state index in [9.17, 15) is 49.2 Å². The molecule has 4 N–H and O–H groups in total. The molecule has 0 spiro atoms. The molecule has 12 rings (SSSR count). The number of hydrogen-bond donors (Lipinski definition) is 4. The number of methoxy groups -OCH3 is 8. The number of rotatable bonds is 20. The maximum Gasteiger partial charge on any atom is 0.210 e. The van der Waals surface area contributed by atoms with Crippen LogP contribution in [-0.2, 0) is 73.4 Å². The van der Waals surface area contributed by atoms with Gasteiger partial charge >= 0.3 is 0 Å². The van der Waals surface area contributed by atoms with E-state index in [4.69, 9.17) is 37.9 Å². The summed E-state index contributed by atoms with van der Waals surface area (Å²) in [5.74, 6) is 1.30. The summed E-state index contributed by atoms with van der Waals surface area (Å²) in [7, 11) is 12.8. The number of hydrogen-bond acceptors (Lipinski definition) is 18. The van der Waals surface area contributed by atoms with Gasteiger partial charge in [-0.2, -0.15) is 0 Å². The molecule has 4 aromatic rings. The molecule has 0 saturated heterocycles. The highest BCUT2D eigenvalue weighted by Gasteiger charge is 2.44. The van der Waals surface area contributed by atoms with Gasteiger partial charge in [-0.1, -0.05) is 86.0 Å². The Hall–Kier alpha value is -5.82. The molecule has 4 amide bonds. The molecule has 0 fully saturated rings. The van der Waals surface area contributed by atoms with Crippen molar-refractivity contribution in [1.29, 1.82) is 0 Å². The van der Waals surface area contributed by atoms with Crippen LogP contribution in [0, 0.1) is 0 Å². The van der Waals surface area contributed by atoms with Crippen LogP contribution in [0.5, 0.6) is 46.0 Å². The number of ketones is 2. The van der Waals surface area contributed by atoms with Gasteiger partial charge < -0.3 is 77.9 Å². The van der Waals surface area contributed by atoms with Crippen molar-refractivity contribution >= 4 is 133 Å². The molecule has 0 saturated carbocycles. The minimum atomic E-state index is -0.577. The predicted molar refractivity (Wildman–Crippen MR) is 411 cm³/mol. The first kappa shape index (κ1) is 82.2. The average Bonchev–Trinajstić information content (AvgIpc) is 0.777. The quantitative estimate of drug-likeness (QED) is 0.0364. The van der Waals surface area contributed by atoms with E-state index in [1.807, 2.05) is 14.7 Å². The normalized spacial score (nSPS) is 21.2. The highest BCUT2D eigenvalue weighted by Crippen LogP contribution is 2.49. The van der Waals surface area contributed by atoms with Gasteiger partial charge in [-0.25, -0.2) is 0 Å². The molecular formula is C76H90Br6N4O18. The molecule has 4 atom stereocenters. The van der Waals surface area contributed by atoms with Crippen LogP contribution in [0.3, 0.4) is 0 Å². The Kier molecular flexibility index (Phi) is 29.1. The lowest BCUT2D eigenvalue weighted by molar-refractivity contribution is -0.213. The Morgan fingerprint density at radius 1 is 0.394 bits per heavy atom. The Labute approximate surface area is 657 Å². The molecule has 0 aromatic heterocycles. The summed E-state index contributed by atoms with van der Waals surface area (Å²) in [5, 5.41) is 40.9. The van der Waals surface area contributed by atoms with Crippen LogP contribution in [0.2, 0.25) is 0 Å². The van der Waals surface area contributed by atoms with E-state index in [-0.39, 0.29) is 58.7 Å². The van der Waals surface area contributed by atoms with Crippen molar-refractivity contribution in [3.05, 3.63) is 130 Å². The van der Waals surface area contributed by atoms with Gasteiger partial charge in [-0.3, -0.25) is 28.8 Å². The smallest absolute Gasteiger partial charge is 0.210 e. The first-order valence-corrected chi connectivity index (χ1v) is 39.1. The number of phenolic OH excluding ortho intramolecular Hbond substituents is 4. The monoisotopic (exact) mass is 1820 g/mol. The maximum atomic E-state index is 11.8. The van der Waals surface area contributed by atoms with Crippen LogP contribution in [0.1, 0.15) is 125 Å². The number of amides is 4. The molecule has 8 aliphatic rings. The molecular weight excluding hydrogens is 1740 g/mol. The van der Waals surface area contributed by atoms with E-state index in [1.54, 1.807) is 69.7 Å². The van der Waals surface area contributed by atoms with Crippen LogP contribution in [0.4, 0.5) is 0 Å². The topological polar surface area (TPSA) is 270 Å². The summed E-state index contributed by atoms with van der Waals surface area (Å²) >= 11 is 21.2. The summed E-state index contributed by atoms with van der Waals surface area (Å²) < 4.78 is 47.7. The molecule has 22 nitrogen and oxygen atoms in total. The fourth-order valence-electron chi connectivity index (χ4n) is 15.8. The Bertz CT molecular complexity index is 4020. The van der Waals surface area contributed by atoms with Crippen LogP contribution in [0.25, 0.3) is 0 Å². The van der Waals surface area contributed by atoms with Gasteiger partial charge in [-0.05, 0) is 190 Å². The number of nitrogens with zero attached hydrogens (tertiary/aromatic N) is 4. The molecule has 4 aromatic carbocycles. The van der Waals surface area contributed by atoms with Gasteiger partial charge in [-0.15, -0.1) is 0 Å². The van der Waals surface area contributed by atoms with Crippen molar-refractivity contribution in [3.8, 4) is 46.0 Å². The van der Waals surface area contributed by atoms with Crippen LogP contribution < -0.4 is 18.9 Å². The first-order valence-electron chi connectivity index (χ1n) is 34.3. The van der Waals surface area contributed by atoms with Gasteiger partial charge in [0.15, 0.2) is 57.6 Å². The molecule has 4 heterocycles. The highest BCUT2D eigenvalue weighted by atomic mass is 79.9. The third-order valence-electron chi connectivity index (χ3n) is 21.7. The van der Waals surface area contributed by atoms with E-state index >= 15 is 0 Å². The molecule has 28 heteroatoms. The number of carbonyl (C=O) groups is 6. The summed E-state index contributed by atoms with van der Waals surface area (Å²) in [5.41, 5.74) is 13.6. The second-order valence-electron chi connectivity index (χ2n) is 26.8. The molecule has 4 aliphatic heterocycles. The Morgan fingerprint density at radius 3 is 1.00 bits per heavy atom. The van der Waals surface area contributed by atoms with E-state index in [1.165, 1.54) is 73.0 Å². The van der Waals surface area contributed by atoms with Crippen molar-refractivity contribution in [2.24, 2.45) is 0 Å². The SMILES string of the molecule is COc1cc(Br)c(CC2C3=C(CCN2C=O)CC(=O)CC3)c(Br)c1O.COc1cc(Br)c(CC2C3=C(CCN2C=O)CC(=O)CC3)cc1O.COc1cc(Br)c(CC2C3=C(CCN2C=O)CC(OC)(OC)CC3)c(Br)c1O.COc1cc(Br)c(CC2C3=C(CCN2C=O)CC(OC)(OC)CC3)cc1O. The lowest BCUT2D eigenvalue weighted by Gasteiger charge is -2.44. The largest absolute Gasteiger partial charge is 0.504 e. The predicted octanol–water partition coefficient (Wildman–Crippen LogP) is 14.3. The maximum absolute atomic E-state index is 11.8. The van der Waals surface area contributed by atoms with Crippen molar-refractivity contribution in [1.82, 2.24) is 19.6 Å². The van der Waals surface area contributed by atoms with Gasteiger partial charge in [0, 0.05) is 124 Å². The Morgan fingerprint density at radius 2 is 0.692 bits per heavy atom. The van der Waals surface area contributed by atoms with Crippen molar-refractivity contribution in [2.45, 2.75) is 164 Å². The van der Waals surface area contributed by atoms with Crippen molar-refractivity contribution in [3.63, 3.8) is 0 Å². The van der Waals surface area contributed by atoms with Gasteiger partial charge in [0.1, 0.15) is 11.6 Å². The van der Waals surface area contributed by atoms with E-state index in [0.717, 1.165) is 130 Å². The second kappa shape index (κ2) is 36.9. The summed E-state index contributed by atoms with van der Waals surface area (Å²) in [4.78, 5) is 77.4. The third kappa shape index (κ3) is 18.3. The lowest BCUT2D eigenvalue weighted by atomic mass is 9.78. The van der Waals surface area contributed by atoms with E-state index in [0.29, 0.717) is 122 Å². The van der Waals surface area contributed by atoms with E-state index in [2.05, 4.69) is 95.6 Å². The van der Waals surface area contributed by atoms with Gasteiger partial charge in [0.05, 0.1) is 61.6 Å². The molecule has 564 valence electrons. The summed E-state index contributed by atoms with van der Waals surface area (Å²) in [6.45, 7) is 2.60. The van der Waals surface area contributed by atoms with Crippen molar-refractivity contribution < 1.29 is 87.1 Å². The highest BCUT2D eigenvalue weighted by molar-refractivity contribution is 9.11. The zero-order chi connectivity index (χ0) is 75.5. The third-order valence-corrected chi connectivity index (χ3v) is 26.3. The molecule has 4 aliphatic carbocycles. The van der Waals surface area contributed by atoms with Crippen LogP contribution in [0.15, 0.2) is 108 Å². The number of ether oxygens (including phenoxy) is 8. The number of phenols is 4. The zero-order valence-corrected chi connectivity index (χ0v) is 69.1.